The van der Waals surface area contributed by atoms with Crippen molar-refractivity contribution in [2.75, 3.05) is 40.4 Å². The molecule has 1 amide bonds. The number of amides is 1. The second-order valence-electron chi connectivity index (χ2n) is 6.70. The zero-order valence-electron chi connectivity index (χ0n) is 15.0. The molecule has 0 N–H and O–H groups in total. The quantitative estimate of drug-likeness (QED) is 0.751. The van der Waals surface area contributed by atoms with Crippen molar-refractivity contribution in [3.63, 3.8) is 0 Å². The molecular formula is C19H28N2O3. The van der Waals surface area contributed by atoms with E-state index in [-0.39, 0.29) is 11.9 Å². The van der Waals surface area contributed by atoms with Crippen molar-refractivity contribution < 1.29 is 14.3 Å². The average molecular weight is 332 g/mol. The average Bonchev–Trinajstić information content (AvgIpc) is 2.60. The Labute approximate surface area is 144 Å². The van der Waals surface area contributed by atoms with E-state index in [0.717, 1.165) is 44.0 Å². The maximum Gasteiger partial charge on any atom is 0.237 e. The minimum atomic E-state index is 0.136. The SMILES string of the molecule is CCCCCN1CC(=O)N2CCc3cc(OC)c(OC)cc3C2C1. The molecule has 3 rings (SSSR count). The number of hydrogen-bond donors (Lipinski definition) is 0. The van der Waals surface area contributed by atoms with Crippen LogP contribution in [-0.4, -0.2) is 56.1 Å². The molecule has 1 fully saturated rings. The fourth-order valence-electron chi connectivity index (χ4n) is 3.87. The predicted molar refractivity (Wildman–Crippen MR) is 93.7 cm³/mol. The minimum Gasteiger partial charge on any atom is -0.493 e. The lowest BCUT2D eigenvalue weighted by Gasteiger charge is -2.44. The molecule has 1 unspecified atom stereocenters. The van der Waals surface area contributed by atoms with E-state index < -0.39 is 0 Å². The van der Waals surface area contributed by atoms with Gasteiger partial charge in [0.1, 0.15) is 0 Å². The minimum absolute atomic E-state index is 0.136. The van der Waals surface area contributed by atoms with Gasteiger partial charge in [-0.25, -0.2) is 0 Å². The molecule has 5 heteroatoms. The monoisotopic (exact) mass is 332 g/mol. The highest BCUT2D eigenvalue weighted by Crippen LogP contribution is 2.39. The van der Waals surface area contributed by atoms with Crippen LogP contribution < -0.4 is 9.47 Å². The molecule has 132 valence electrons. The van der Waals surface area contributed by atoms with Gasteiger partial charge in [-0.15, -0.1) is 0 Å². The summed E-state index contributed by atoms with van der Waals surface area (Å²) >= 11 is 0. The molecule has 0 aromatic heterocycles. The van der Waals surface area contributed by atoms with E-state index in [2.05, 4.69) is 24.0 Å². The first-order valence-electron chi connectivity index (χ1n) is 8.94. The van der Waals surface area contributed by atoms with Crippen LogP contribution in [0, 0.1) is 0 Å². The fraction of sp³-hybridized carbons (Fsp3) is 0.632. The topological polar surface area (TPSA) is 42.0 Å². The largest absolute Gasteiger partial charge is 0.493 e. The number of piperazine rings is 1. The van der Waals surface area contributed by atoms with Crippen LogP contribution in [-0.2, 0) is 11.2 Å². The van der Waals surface area contributed by atoms with Gasteiger partial charge in [0.25, 0.3) is 0 Å². The fourth-order valence-corrected chi connectivity index (χ4v) is 3.87. The Bertz CT molecular complexity index is 603. The third-order valence-electron chi connectivity index (χ3n) is 5.19. The van der Waals surface area contributed by atoms with Crippen LogP contribution in [0.1, 0.15) is 43.4 Å². The molecule has 1 aromatic carbocycles. The molecule has 0 spiro atoms. The molecule has 1 aromatic rings. The number of methoxy groups -OCH3 is 2. The van der Waals surface area contributed by atoms with Gasteiger partial charge in [-0.2, -0.15) is 0 Å². The first-order valence-corrected chi connectivity index (χ1v) is 8.94. The van der Waals surface area contributed by atoms with Gasteiger partial charge in [-0.05, 0) is 42.6 Å². The standard InChI is InChI=1S/C19H28N2O3/c1-4-5-6-8-20-12-16-15-11-18(24-3)17(23-2)10-14(15)7-9-21(16)19(22)13-20/h10-11,16H,4-9,12-13H2,1-3H3. The van der Waals surface area contributed by atoms with Crippen LogP contribution in [0.4, 0.5) is 0 Å². The van der Waals surface area contributed by atoms with Gasteiger partial charge in [0.05, 0.1) is 26.8 Å². The molecule has 1 saturated heterocycles. The van der Waals surface area contributed by atoms with E-state index in [1.807, 2.05) is 4.90 Å². The lowest BCUT2D eigenvalue weighted by molar-refractivity contribution is -0.140. The zero-order valence-corrected chi connectivity index (χ0v) is 15.0. The predicted octanol–water partition coefficient (Wildman–Crippen LogP) is 2.64. The maximum absolute atomic E-state index is 12.6. The summed E-state index contributed by atoms with van der Waals surface area (Å²) in [6.07, 6.45) is 4.47. The van der Waals surface area contributed by atoms with E-state index >= 15 is 0 Å². The molecule has 0 bridgehead atoms. The summed E-state index contributed by atoms with van der Waals surface area (Å²) in [5, 5.41) is 0. The number of fused-ring (bicyclic) bond motifs is 3. The summed E-state index contributed by atoms with van der Waals surface area (Å²) in [5.74, 6) is 1.77. The van der Waals surface area contributed by atoms with Crippen LogP contribution in [0.2, 0.25) is 0 Å². The number of benzene rings is 1. The third-order valence-corrected chi connectivity index (χ3v) is 5.19. The molecule has 5 nitrogen and oxygen atoms in total. The second kappa shape index (κ2) is 7.43. The molecular weight excluding hydrogens is 304 g/mol. The number of rotatable bonds is 6. The van der Waals surface area contributed by atoms with E-state index in [1.165, 1.54) is 24.0 Å². The maximum atomic E-state index is 12.6. The zero-order chi connectivity index (χ0) is 17.1. The normalized spacial score (nSPS) is 20.5. The van der Waals surface area contributed by atoms with Crippen molar-refractivity contribution in [2.45, 2.75) is 38.6 Å². The van der Waals surface area contributed by atoms with Gasteiger partial charge in [-0.3, -0.25) is 9.69 Å². The number of nitrogens with zero attached hydrogens (tertiary/aromatic N) is 2. The number of carbonyl (C=O) groups excluding carboxylic acids is 1. The molecule has 1 atom stereocenters. The van der Waals surface area contributed by atoms with Crippen molar-refractivity contribution in [3.05, 3.63) is 23.3 Å². The summed E-state index contributed by atoms with van der Waals surface area (Å²) in [6.45, 7) is 5.49. The van der Waals surface area contributed by atoms with Gasteiger partial charge in [0.2, 0.25) is 5.91 Å². The van der Waals surface area contributed by atoms with Gasteiger partial charge < -0.3 is 14.4 Å². The Morgan fingerprint density at radius 1 is 1.17 bits per heavy atom. The van der Waals surface area contributed by atoms with Crippen LogP contribution in [0.3, 0.4) is 0 Å². The number of carbonyl (C=O) groups is 1. The number of unbranched alkanes of at least 4 members (excludes halogenated alkanes) is 2. The highest BCUT2D eigenvalue weighted by Gasteiger charge is 2.37. The molecule has 0 radical (unpaired) electrons. The van der Waals surface area contributed by atoms with Crippen LogP contribution >= 0.6 is 0 Å². The summed E-state index contributed by atoms with van der Waals surface area (Å²) in [6, 6.07) is 4.27. The Hall–Kier alpha value is -1.75. The summed E-state index contributed by atoms with van der Waals surface area (Å²) < 4.78 is 10.9. The van der Waals surface area contributed by atoms with Crippen LogP contribution in [0.25, 0.3) is 0 Å². The van der Waals surface area contributed by atoms with Crippen molar-refractivity contribution in [1.29, 1.82) is 0 Å². The Morgan fingerprint density at radius 2 is 1.92 bits per heavy atom. The summed E-state index contributed by atoms with van der Waals surface area (Å²) in [7, 11) is 3.33. The Kier molecular flexibility index (Phi) is 5.29. The smallest absolute Gasteiger partial charge is 0.237 e. The van der Waals surface area contributed by atoms with Crippen molar-refractivity contribution >= 4 is 5.91 Å². The van der Waals surface area contributed by atoms with Gasteiger partial charge in [-0.1, -0.05) is 19.8 Å². The van der Waals surface area contributed by atoms with Gasteiger partial charge in [0.15, 0.2) is 11.5 Å². The lowest BCUT2D eigenvalue weighted by atomic mass is 9.90. The first-order chi connectivity index (χ1) is 11.7. The summed E-state index contributed by atoms with van der Waals surface area (Å²) in [5.41, 5.74) is 2.49. The van der Waals surface area contributed by atoms with E-state index in [1.54, 1.807) is 14.2 Å². The highest BCUT2D eigenvalue weighted by molar-refractivity contribution is 5.80. The molecule has 0 saturated carbocycles. The molecule has 2 aliphatic heterocycles. The van der Waals surface area contributed by atoms with Crippen LogP contribution in [0.15, 0.2) is 12.1 Å². The van der Waals surface area contributed by atoms with Gasteiger partial charge >= 0.3 is 0 Å². The Balaban J connectivity index is 1.85. The van der Waals surface area contributed by atoms with E-state index in [4.69, 9.17) is 9.47 Å². The van der Waals surface area contributed by atoms with Crippen molar-refractivity contribution in [2.24, 2.45) is 0 Å². The highest BCUT2D eigenvalue weighted by atomic mass is 16.5. The number of hydrogen-bond acceptors (Lipinski definition) is 4. The molecule has 0 aliphatic carbocycles. The molecule has 24 heavy (non-hydrogen) atoms. The first kappa shape index (κ1) is 17.1. The van der Waals surface area contributed by atoms with E-state index in [0.29, 0.717) is 6.54 Å². The van der Waals surface area contributed by atoms with Gasteiger partial charge in [0, 0.05) is 13.1 Å². The summed E-state index contributed by atoms with van der Waals surface area (Å²) in [4.78, 5) is 16.9. The second-order valence-corrected chi connectivity index (χ2v) is 6.70. The molecule has 2 heterocycles. The lowest BCUT2D eigenvalue weighted by Crippen LogP contribution is -2.54. The number of ether oxygens (including phenoxy) is 2. The van der Waals surface area contributed by atoms with Crippen molar-refractivity contribution in [1.82, 2.24) is 9.80 Å². The third kappa shape index (κ3) is 3.22. The Morgan fingerprint density at radius 3 is 2.62 bits per heavy atom. The van der Waals surface area contributed by atoms with Crippen molar-refractivity contribution in [3.8, 4) is 11.5 Å². The van der Waals surface area contributed by atoms with E-state index in [9.17, 15) is 4.79 Å². The molecule has 2 aliphatic rings. The van der Waals surface area contributed by atoms with Crippen LogP contribution in [0.5, 0.6) is 11.5 Å².